The van der Waals surface area contributed by atoms with Gasteiger partial charge in [-0.2, -0.15) is 0 Å². The molecule has 3 heterocycles. The van der Waals surface area contributed by atoms with Crippen molar-refractivity contribution in [3.63, 3.8) is 0 Å². The van der Waals surface area contributed by atoms with E-state index in [1.807, 2.05) is 11.3 Å². The molecule has 2 saturated heterocycles. The first-order valence-corrected chi connectivity index (χ1v) is 8.18. The van der Waals surface area contributed by atoms with Gasteiger partial charge in [0.15, 0.2) is 0 Å². The lowest BCUT2D eigenvalue weighted by Crippen LogP contribution is -2.33. The van der Waals surface area contributed by atoms with Gasteiger partial charge in [-0.3, -0.25) is 4.90 Å². The van der Waals surface area contributed by atoms with Crippen molar-refractivity contribution in [1.82, 2.24) is 15.2 Å². The number of hydrogen-bond donors (Lipinski definition) is 1. The van der Waals surface area contributed by atoms with Crippen LogP contribution in [0.1, 0.15) is 42.8 Å². The summed E-state index contributed by atoms with van der Waals surface area (Å²) in [5, 5.41) is 4.82. The lowest BCUT2D eigenvalue weighted by Gasteiger charge is -2.21. The molecule has 2 aliphatic rings. The molecule has 0 saturated carbocycles. The summed E-state index contributed by atoms with van der Waals surface area (Å²) in [5.74, 6) is 0.878. The van der Waals surface area contributed by atoms with Crippen molar-refractivity contribution in [2.24, 2.45) is 5.92 Å². The maximum Gasteiger partial charge on any atom is 0.107 e. The number of hydrogen-bond acceptors (Lipinski definition) is 4. The molecular formula is C15H25N3S. The second kappa shape index (κ2) is 4.83. The fraction of sp³-hybridized carbons (Fsp3) is 0.800. The van der Waals surface area contributed by atoms with E-state index in [1.54, 1.807) is 0 Å². The molecule has 0 amide bonds. The van der Waals surface area contributed by atoms with Crippen LogP contribution in [0.25, 0.3) is 0 Å². The van der Waals surface area contributed by atoms with Gasteiger partial charge in [0, 0.05) is 17.5 Å². The molecule has 0 unspecified atom stereocenters. The first kappa shape index (κ1) is 13.5. The van der Waals surface area contributed by atoms with E-state index in [4.69, 9.17) is 4.98 Å². The third-order valence-corrected chi connectivity index (χ3v) is 5.99. The summed E-state index contributed by atoms with van der Waals surface area (Å²) in [5.41, 5.74) is 1.45. The minimum absolute atomic E-state index is 0.225. The highest BCUT2D eigenvalue weighted by Gasteiger charge is 2.37. The Balaban J connectivity index is 1.74. The van der Waals surface area contributed by atoms with Crippen molar-refractivity contribution < 1.29 is 0 Å². The maximum absolute atomic E-state index is 4.81. The summed E-state index contributed by atoms with van der Waals surface area (Å²) in [6, 6.07) is 0.752. The second-order valence-electron chi connectivity index (χ2n) is 7.02. The SMILES string of the molecule is Cc1nc(CN2CC[C@@H]3CNC[C@@H]32)sc1C(C)(C)C. The van der Waals surface area contributed by atoms with Gasteiger partial charge in [0.2, 0.25) is 0 Å². The van der Waals surface area contributed by atoms with E-state index in [2.05, 4.69) is 37.9 Å². The summed E-state index contributed by atoms with van der Waals surface area (Å²) < 4.78 is 0. The smallest absolute Gasteiger partial charge is 0.107 e. The molecule has 0 radical (unpaired) electrons. The average molecular weight is 279 g/mol. The molecule has 0 bridgehead atoms. The van der Waals surface area contributed by atoms with Crippen molar-refractivity contribution in [2.75, 3.05) is 19.6 Å². The third-order valence-electron chi connectivity index (χ3n) is 4.42. The Hall–Kier alpha value is -0.450. The summed E-state index contributed by atoms with van der Waals surface area (Å²) in [6.07, 6.45) is 1.36. The van der Waals surface area contributed by atoms with Crippen LogP contribution in [0.3, 0.4) is 0 Å². The monoisotopic (exact) mass is 279 g/mol. The van der Waals surface area contributed by atoms with Gasteiger partial charge in [0.05, 0.1) is 12.2 Å². The second-order valence-corrected chi connectivity index (χ2v) is 8.10. The maximum atomic E-state index is 4.81. The topological polar surface area (TPSA) is 28.2 Å². The van der Waals surface area contributed by atoms with Crippen molar-refractivity contribution in [2.45, 2.75) is 52.1 Å². The summed E-state index contributed by atoms with van der Waals surface area (Å²) in [4.78, 5) is 8.89. The number of fused-ring (bicyclic) bond motifs is 1. The van der Waals surface area contributed by atoms with E-state index >= 15 is 0 Å². The van der Waals surface area contributed by atoms with E-state index in [-0.39, 0.29) is 5.41 Å². The Morgan fingerprint density at radius 1 is 1.37 bits per heavy atom. The molecule has 1 aromatic heterocycles. The van der Waals surface area contributed by atoms with Crippen molar-refractivity contribution in [3.8, 4) is 0 Å². The van der Waals surface area contributed by atoms with Crippen molar-refractivity contribution >= 4 is 11.3 Å². The number of aryl methyl sites for hydroxylation is 1. The average Bonchev–Trinajstić information content (AvgIpc) is 2.95. The number of rotatable bonds is 2. The number of thiazole rings is 1. The Morgan fingerprint density at radius 2 is 2.16 bits per heavy atom. The van der Waals surface area contributed by atoms with Gasteiger partial charge < -0.3 is 5.32 Å². The molecule has 4 heteroatoms. The fourth-order valence-corrected chi connectivity index (χ4v) is 4.67. The molecular weight excluding hydrogens is 254 g/mol. The molecule has 1 aromatic rings. The van der Waals surface area contributed by atoms with E-state index in [1.165, 1.54) is 41.6 Å². The van der Waals surface area contributed by atoms with Crippen LogP contribution in [-0.4, -0.2) is 35.6 Å². The first-order valence-electron chi connectivity index (χ1n) is 7.36. The fourth-order valence-electron chi connectivity index (χ4n) is 3.52. The molecule has 19 heavy (non-hydrogen) atoms. The number of likely N-dealkylation sites (tertiary alicyclic amines) is 1. The summed E-state index contributed by atoms with van der Waals surface area (Å²) in [6.45, 7) is 13.7. The molecule has 1 N–H and O–H groups in total. The molecule has 106 valence electrons. The molecule has 2 atom stereocenters. The van der Waals surface area contributed by atoms with E-state index in [0.717, 1.165) is 18.5 Å². The van der Waals surface area contributed by atoms with E-state index in [9.17, 15) is 0 Å². The van der Waals surface area contributed by atoms with Crippen LogP contribution in [0.15, 0.2) is 0 Å². The van der Waals surface area contributed by atoms with Crippen LogP contribution in [0.4, 0.5) is 0 Å². The van der Waals surface area contributed by atoms with E-state index in [0.29, 0.717) is 0 Å². The van der Waals surface area contributed by atoms with Gasteiger partial charge in [0.25, 0.3) is 0 Å². The largest absolute Gasteiger partial charge is 0.315 e. The zero-order chi connectivity index (χ0) is 13.6. The van der Waals surface area contributed by atoms with Crippen LogP contribution in [-0.2, 0) is 12.0 Å². The van der Waals surface area contributed by atoms with Crippen molar-refractivity contribution in [1.29, 1.82) is 0 Å². The highest BCUT2D eigenvalue weighted by atomic mass is 32.1. The molecule has 0 spiro atoms. The number of nitrogens with one attached hydrogen (secondary N) is 1. The molecule has 3 nitrogen and oxygen atoms in total. The van der Waals surface area contributed by atoms with Crippen LogP contribution < -0.4 is 5.32 Å². The molecule has 2 fully saturated rings. The Bertz CT molecular complexity index is 460. The molecule has 0 aromatic carbocycles. The van der Waals surface area contributed by atoms with Gasteiger partial charge in [-0.1, -0.05) is 20.8 Å². The minimum atomic E-state index is 0.225. The standard InChI is InChI=1S/C15H25N3S/c1-10-14(15(2,3)4)19-13(17-10)9-18-6-5-11-7-16-8-12(11)18/h11-12,16H,5-9H2,1-4H3/t11-,12+/m1/s1. The van der Waals surface area contributed by atoms with Crippen LogP contribution in [0, 0.1) is 12.8 Å². The van der Waals surface area contributed by atoms with E-state index < -0.39 is 0 Å². The van der Waals surface area contributed by atoms with Gasteiger partial charge in [-0.25, -0.2) is 4.98 Å². The van der Waals surface area contributed by atoms with Gasteiger partial charge in [-0.15, -0.1) is 11.3 Å². The van der Waals surface area contributed by atoms with Crippen molar-refractivity contribution in [3.05, 3.63) is 15.6 Å². The lowest BCUT2D eigenvalue weighted by molar-refractivity contribution is 0.243. The third kappa shape index (κ3) is 2.58. The summed E-state index contributed by atoms with van der Waals surface area (Å²) in [7, 11) is 0. The Morgan fingerprint density at radius 3 is 2.84 bits per heavy atom. The highest BCUT2D eigenvalue weighted by Crippen LogP contribution is 2.34. The molecule has 3 rings (SSSR count). The van der Waals surface area contributed by atoms with Gasteiger partial charge in [0.1, 0.15) is 5.01 Å². The first-order chi connectivity index (χ1) is 8.95. The predicted octanol–water partition coefficient (Wildman–Crippen LogP) is 2.54. The molecule has 2 aliphatic heterocycles. The quantitative estimate of drug-likeness (QED) is 0.902. The number of nitrogens with zero attached hydrogens (tertiary/aromatic N) is 2. The van der Waals surface area contributed by atoms with Crippen LogP contribution in [0.5, 0.6) is 0 Å². The van der Waals surface area contributed by atoms with Gasteiger partial charge >= 0.3 is 0 Å². The van der Waals surface area contributed by atoms with Crippen LogP contribution in [0.2, 0.25) is 0 Å². The minimum Gasteiger partial charge on any atom is -0.315 e. The van der Waals surface area contributed by atoms with Gasteiger partial charge in [-0.05, 0) is 37.8 Å². The molecule has 0 aliphatic carbocycles. The highest BCUT2D eigenvalue weighted by molar-refractivity contribution is 7.11. The Labute approximate surface area is 120 Å². The summed E-state index contributed by atoms with van der Waals surface area (Å²) >= 11 is 1.91. The van der Waals surface area contributed by atoms with Crippen LogP contribution >= 0.6 is 11.3 Å². The lowest BCUT2D eigenvalue weighted by atomic mass is 9.94. The normalized spacial score (nSPS) is 28.0. The zero-order valence-corrected chi connectivity index (χ0v) is 13.3. The Kier molecular flexibility index (Phi) is 3.44. The zero-order valence-electron chi connectivity index (χ0n) is 12.5. The predicted molar refractivity (Wildman–Crippen MR) is 80.7 cm³/mol. The number of aromatic nitrogens is 1.